The molecule has 2 saturated heterocycles. The van der Waals surface area contributed by atoms with Crippen LogP contribution in [0.15, 0.2) is 84.9 Å². The number of carbonyl (C=O) groups is 2. The molecule has 2 amide bonds. The Labute approximate surface area is 260 Å². The van der Waals surface area contributed by atoms with Crippen molar-refractivity contribution in [2.45, 2.75) is 45.0 Å². The Kier molecular flexibility index (Phi) is 8.85. The van der Waals surface area contributed by atoms with Gasteiger partial charge in [0.15, 0.2) is 12.6 Å². The van der Waals surface area contributed by atoms with Gasteiger partial charge in [0.25, 0.3) is 11.8 Å². The summed E-state index contributed by atoms with van der Waals surface area (Å²) in [5.74, 6) is -0.473. The van der Waals surface area contributed by atoms with Gasteiger partial charge >= 0.3 is 0 Å². The molecule has 0 atom stereocenters. The van der Waals surface area contributed by atoms with E-state index < -0.39 is 6.29 Å². The number of halogens is 1. The summed E-state index contributed by atoms with van der Waals surface area (Å²) in [4.78, 5) is 28.0. The minimum Gasteiger partial charge on any atom is -0.393 e. The van der Waals surface area contributed by atoms with E-state index in [1.807, 2.05) is 72.8 Å². The first-order chi connectivity index (χ1) is 21.3. The van der Waals surface area contributed by atoms with Crippen molar-refractivity contribution in [2.75, 3.05) is 33.9 Å². The third-order valence-electron chi connectivity index (χ3n) is 7.71. The summed E-state index contributed by atoms with van der Waals surface area (Å²) in [5.41, 5.74) is 5.04. The van der Waals surface area contributed by atoms with Crippen molar-refractivity contribution >= 4 is 51.9 Å². The number of hydrogen-bond donors (Lipinski definition) is 4. The molecule has 0 bridgehead atoms. The number of rotatable bonds is 9. The van der Waals surface area contributed by atoms with Crippen LogP contribution in [0.1, 0.15) is 40.6 Å². The number of nitrogens with zero attached hydrogens (tertiary/aromatic N) is 2. The molecule has 10 nitrogen and oxygen atoms in total. The summed E-state index contributed by atoms with van der Waals surface area (Å²) in [6, 6.07) is 25.7. The van der Waals surface area contributed by atoms with Crippen molar-refractivity contribution in [1.82, 2.24) is 4.57 Å². The molecule has 3 heterocycles. The van der Waals surface area contributed by atoms with Crippen LogP contribution in [0, 0.1) is 0 Å². The van der Waals surface area contributed by atoms with E-state index in [2.05, 4.69) is 20.9 Å². The normalized spacial score (nSPS) is 18.4. The minimum atomic E-state index is -0.434. The first kappa shape index (κ1) is 29.7. The van der Waals surface area contributed by atoms with E-state index >= 15 is 0 Å². The van der Waals surface area contributed by atoms with Gasteiger partial charge in [-0.05, 0) is 105 Å². The maximum Gasteiger partial charge on any atom is 0.272 e. The van der Waals surface area contributed by atoms with Gasteiger partial charge in [-0.2, -0.15) is 0 Å². The molecule has 0 saturated carbocycles. The fourth-order valence-corrected chi connectivity index (χ4v) is 5.51. The van der Waals surface area contributed by atoms with Crippen molar-refractivity contribution in [3.05, 3.63) is 101 Å². The first-order valence-electron chi connectivity index (χ1n) is 14.6. The first-order valence-corrected chi connectivity index (χ1v) is 15.0. The van der Waals surface area contributed by atoms with Gasteiger partial charge < -0.3 is 40.0 Å². The molecule has 0 radical (unpaired) electrons. The van der Waals surface area contributed by atoms with E-state index in [4.69, 9.17) is 21.1 Å². The van der Waals surface area contributed by atoms with Gasteiger partial charge in [-0.1, -0.05) is 11.6 Å². The van der Waals surface area contributed by atoms with Gasteiger partial charge in [-0.15, -0.1) is 0 Å². The molecule has 44 heavy (non-hydrogen) atoms. The van der Waals surface area contributed by atoms with Crippen LogP contribution in [-0.4, -0.2) is 53.3 Å². The number of amides is 2. The molecule has 0 aliphatic carbocycles. The zero-order valence-corrected chi connectivity index (χ0v) is 25.0. The van der Waals surface area contributed by atoms with Crippen LogP contribution in [-0.2, 0) is 16.0 Å². The van der Waals surface area contributed by atoms with Gasteiger partial charge in [-0.25, -0.2) is 0 Å². The van der Waals surface area contributed by atoms with E-state index in [0.29, 0.717) is 34.3 Å². The SMILES string of the molecule is CC1OC(Cn2c(Cl)ccc2C(=O)Nc2ccc(Nc3ccc(NC(=O)c4ccc(N5CCC(O)CC5)cc4)cc3)cc2)O1. The lowest BCUT2D eigenvalue weighted by Gasteiger charge is -2.34. The highest BCUT2D eigenvalue weighted by Gasteiger charge is 2.29. The minimum absolute atomic E-state index is 0.183. The third-order valence-corrected chi connectivity index (χ3v) is 8.04. The number of aliphatic hydroxyl groups excluding tert-OH is 1. The van der Waals surface area contributed by atoms with Crippen molar-refractivity contribution in [3.8, 4) is 0 Å². The molecular formula is C33H34ClN5O5. The average Bonchev–Trinajstić information content (AvgIpc) is 3.38. The zero-order valence-electron chi connectivity index (χ0n) is 24.2. The lowest BCUT2D eigenvalue weighted by molar-refractivity contribution is -0.379. The van der Waals surface area contributed by atoms with E-state index in [1.165, 1.54) is 0 Å². The fraction of sp³-hybridized carbons (Fsp3) is 0.273. The molecule has 1 aromatic heterocycles. The second kappa shape index (κ2) is 13.1. The number of nitrogens with one attached hydrogen (secondary N) is 3. The number of hydrogen-bond acceptors (Lipinski definition) is 7. The number of piperidine rings is 1. The Morgan fingerprint density at radius 3 is 1.91 bits per heavy atom. The van der Waals surface area contributed by atoms with Crippen molar-refractivity contribution < 1.29 is 24.2 Å². The Balaban J connectivity index is 0.999. The molecule has 3 aromatic carbocycles. The molecule has 11 heteroatoms. The summed E-state index contributed by atoms with van der Waals surface area (Å²) in [6.07, 6.45) is 0.609. The van der Waals surface area contributed by atoms with E-state index in [0.717, 1.165) is 43.0 Å². The Morgan fingerprint density at radius 2 is 1.34 bits per heavy atom. The van der Waals surface area contributed by atoms with Crippen LogP contribution < -0.4 is 20.9 Å². The molecule has 4 N–H and O–H groups in total. The monoisotopic (exact) mass is 615 g/mol. The summed E-state index contributed by atoms with van der Waals surface area (Å²) in [6.45, 7) is 3.75. The molecule has 228 valence electrons. The molecule has 0 unspecified atom stereocenters. The van der Waals surface area contributed by atoms with Gasteiger partial charge in [0.1, 0.15) is 10.8 Å². The van der Waals surface area contributed by atoms with E-state index in [1.54, 1.807) is 23.6 Å². The van der Waals surface area contributed by atoms with Crippen molar-refractivity contribution in [2.24, 2.45) is 0 Å². The van der Waals surface area contributed by atoms with E-state index in [-0.39, 0.29) is 24.2 Å². The lowest BCUT2D eigenvalue weighted by Crippen LogP contribution is -2.42. The average molecular weight is 616 g/mol. The number of ether oxygens (including phenoxy) is 2. The zero-order chi connectivity index (χ0) is 30.6. The van der Waals surface area contributed by atoms with E-state index in [9.17, 15) is 14.7 Å². The second-order valence-corrected chi connectivity index (χ2v) is 11.3. The molecular weight excluding hydrogens is 582 g/mol. The van der Waals surface area contributed by atoms with Gasteiger partial charge in [0.2, 0.25) is 0 Å². The number of benzene rings is 3. The third kappa shape index (κ3) is 7.06. The molecule has 2 aliphatic rings. The van der Waals surface area contributed by atoms with Crippen LogP contribution in [0.2, 0.25) is 5.15 Å². The number of anilines is 5. The number of aromatic nitrogens is 1. The largest absolute Gasteiger partial charge is 0.393 e. The second-order valence-electron chi connectivity index (χ2n) is 10.9. The Hall–Kier alpha value is -4.35. The quantitative estimate of drug-likeness (QED) is 0.181. The van der Waals surface area contributed by atoms with Crippen molar-refractivity contribution in [1.29, 1.82) is 0 Å². The summed E-state index contributed by atoms with van der Waals surface area (Å²) in [7, 11) is 0. The molecule has 6 rings (SSSR count). The summed E-state index contributed by atoms with van der Waals surface area (Å²) in [5, 5.41) is 19.3. The number of aliphatic hydroxyl groups is 1. The molecule has 2 aliphatic heterocycles. The fourth-order valence-electron chi connectivity index (χ4n) is 5.29. The molecule has 4 aromatic rings. The summed E-state index contributed by atoms with van der Waals surface area (Å²) < 4.78 is 12.6. The highest BCUT2D eigenvalue weighted by atomic mass is 35.5. The highest BCUT2D eigenvalue weighted by Crippen LogP contribution is 2.25. The maximum atomic E-state index is 12.9. The molecule has 2 fully saturated rings. The predicted octanol–water partition coefficient (Wildman–Crippen LogP) is 6.07. The van der Waals surface area contributed by atoms with Crippen molar-refractivity contribution in [3.63, 3.8) is 0 Å². The standard InChI is InChI=1S/C33H34ClN5O5/c1-21-43-31(44-21)20-39-29(14-15-30(39)34)33(42)37-26-10-6-24(7-11-26)35-23-4-8-25(9-5-23)36-32(41)22-2-12-27(13-3-22)38-18-16-28(40)17-19-38/h2-15,21,28,31,35,40H,16-20H2,1H3,(H,36,41)(H,37,42). The summed E-state index contributed by atoms with van der Waals surface area (Å²) >= 11 is 6.28. The van der Waals surface area contributed by atoms with Crippen LogP contribution in [0.4, 0.5) is 28.4 Å². The van der Waals surface area contributed by atoms with Crippen LogP contribution in [0.5, 0.6) is 0 Å². The smallest absolute Gasteiger partial charge is 0.272 e. The lowest BCUT2D eigenvalue weighted by atomic mass is 10.1. The Bertz CT molecular complexity index is 1590. The van der Waals surface area contributed by atoms with Crippen LogP contribution >= 0.6 is 11.6 Å². The topological polar surface area (TPSA) is 117 Å². The van der Waals surface area contributed by atoms with Gasteiger partial charge in [-0.3, -0.25) is 9.59 Å². The predicted molar refractivity (Wildman–Crippen MR) is 171 cm³/mol. The number of carbonyl (C=O) groups excluding carboxylic acids is 2. The highest BCUT2D eigenvalue weighted by molar-refractivity contribution is 6.30. The molecule has 0 spiro atoms. The van der Waals surface area contributed by atoms with Gasteiger partial charge in [0.05, 0.1) is 12.6 Å². The Morgan fingerprint density at radius 1 is 0.795 bits per heavy atom. The van der Waals surface area contributed by atoms with Crippen LogP contribution in [0.25, 0.3) is 0 Å². The maximum absolute atomic E-state index is 12.9. The van der Waals surface area contributed by atoms with Crippen LogP contribution in [0.3, 0.4) is 0 Å². The van der Waals surface area contributed by atoms with Gasteiger partial charge in [0, 0.05) is 47.1 Å².